The summed E-state index contributed by atoms with van der Waals surface area (Å²) in [6.45, 7) is 1.94. The first kappa shape index (κ1) is 14.9. The molecule has 104 valence electrons. The summed E-state index contributed by atoms with van der Waals surface area (Å²) < 4.78 is 31.7. The van der Waals surface area contributed by atoms with Crippen LogP contribution in [0.4, 0.5) is 0 Å². The number of halogens is 2. The Labute approximate surface area is 125 Å². The zero-order chi connectivity index (χ0) is 14.2. The SMILES string of the molecule is Cc1ccc(CN(C)S(=O)(=O)c2cc(Cl)sc2Cl)o1. The monoisotopic (exact) mass is 339 g/mol. The first-order valence-corrected chi connectivity index (χ1v) is 8.28. The second-order valence-corrected chi connectivity index (χ2v) is 8.26. The number of hydrogen-bond acceptors (Lipinski definition) is 4. The minimum Gasteiger partial charge on any atom is -0.465 e. The van der Waals surface area contributed by atoms with Crippen molar-refractivity contribution in [2.24, 2.45) is 0 Å². The van der Waals surface area contributed by atoms with Gasteiger partial charge in [0.1, 0.15) is 20.8 Å². The van der Waals surface area contributed by atoms with E-state index in [4.69, 9.17) is 27.6 Å². The number of nitrogens with zero attached hydrogens (tertiary/aromatic N) is 1. The maximum Gasteiger partial charge on any atom is 0.245 e. The molecule has 0 fully saturated rings. The van der Waals surface area contributed by atoms with Crippen LogP contribution >= 0.6 is 34.5 Å². The Morgan fingerprint density at radius 2 is 2.05 bits per heavy atom. The van der Waals surface area contributed by atoms with Gasteiger partial charge in [-0.25, -0.2) is 8.42 Å². The normalized spacial score (nSPS) is 12.3. The molecular weight excluding hydrogens is 329 g/mol. The second-order valence-electron chi connectivity index (χ2n) is 3.96. The Kier molecular flexibility index (Phi) is 4.27. The highest BCUT2D eigenvalue weighted by Crippen LogP contribution is 2.35. The Morgan fingerprint density at radius 3 is 2.53 bits per heavy atom. The van der Waals surface area contributed by atoms with Gasteiger partial charge in [-0.1, -0.05) is 23.2 Å². The van der Waals surface area contributed by atoms with E-state index in [1.54, 1.807) is 19.1 Å². The predicted molar refractivity (Wildman–Crippen MR) is 76.4 cm³/mol. The van der Waals surface area contributed by atoms with Gasteiger partial charge >= 0.3 is 0 Å². The van der Waals surface area contributed by atoms with Crippen molar-refractivity contribution in [3.05, 3.63) is 38.4 Å². The van der Waals surface area contributed by atoms with Gasteiger partial charge in [0.25, 0.3) is 0 Å². The van der Waals surface area contributed by atoms with Crippen molar-refractivity contribution in [3.63, 3.8) is 0 Å². The van der Waals surface area contributed by atoms with Crippen LogP contribution in [0.1, 0.15) is 11.5 Å². The van der Waals surface area contributed by atoms with Gasteiger partial charge in [0.2, 0.25) is 10.0 Å². The van der Waals surface area contributed by atoms with E-state index in [1.807, 2.05) is 0 Å². The number of thiophene rings is 1. The third-order valence-electron chi connectivity index (χ3n) is 2.49. The average Bonchev–Trinajstić information content (AvgIpc) is 2.85. The smallest absolute Gasteiger partial charge is 0.245 e. The van der Waals surface area contributed by atoms with Gasteiger partial charge in [0.15, 0.2) is 0 Å². The summed E-state index contributed by atoms with van der Waals surface area (Å²) in [4.78, 5) is 0.0231. The molecule has 0 aromatic carbocycles. The molecule has 0 saturated heterocycles. The van der Waals surface area contributed by atoms with Crippen LogP contribution in [0.15, 0.2) is 27.5 Å². The number of aryl methyl sites for hydroxylation is 1. The summed E-state index contributed by atoms with van der Waals surface area (Å²) in [6, 6.07) is 4.88. The van der Waals surface area contributed by atoms with Gasteiger partial charge < -0.3 is 4.42 Å². The molecule has 0 atom stereocenters. The lowest BCUT2D eigenvalue weighted by Gasteiger charge is -2.15. The topological polar surface area (TPSA) is 50.5 Å². The quantitative estimate of drug-likeness (QED) is 0.851. The molecule has 2 aromatic rings. The van der Waals surface area contributed by atoms with Crippen molar-refractivity contribution in [2.75, 3.05) is 7.05 Å². The van der Waals surface area contributed by atoms with Gasteiger partial charge in [-0.2, -0.15) is 4.31 Å². The molecule has 2 aromatic heterocycles. The van der Waals surface area contributed by atoms with Crippen LogP contribution in [0.2, 0.25) is 8.67 Å². The number of furan rings is 1. The van der Waals surface area contributed by atoms with Crippen LogP contribution in [0.5, 0.6) is 0 Å². The summed E-state index contributed by atoms with van der Waals surface area (Å²) in [5.41, 5.74) is 0. The molecular formula is C11H11Cl2NO3S2. The Balaban J connectivity index is 2.27. The fourth-order valence-electron chi connectivity index (χ4n) is 1.54. The van der Waals surface area contributed by atoms with Gasteiger partial charge in [-0.3, -0.25) is 0 Å². The molecule has 0 spiro atoms. The second kappa shape index (κ2) is 5.46. The van der Waals surface area contributed by atoms with Crippen LogP contribution in [0.25, 0.3) is 0 Å². The lowest BCUT2D eigenvalue weighted by atomic mass is 10.4. The molecule has 4 nitrogen and oxygen atoms in total. The molecule has 0 aliphatic carbocycles. The molecule has 2 rings (SSSR count). The molecule has 0 aliphatic heterocycles. The summed E-state index contributed by atoms with van der Waals surface area (Å²) in [5, 5.41) is 0. The van der Waals surface area contributed by atoms with Crippen LogP contribution in [-0.2, 0) is 16.6 Å². The average molecular weight is 340 g/mol. The summed E-state index contributed by atoms with van der Waals surface area (Å²) in [7, 11) is -2.20. The van der Waals surface area contributed by atoms with E-state index >= 15 is 0 Å². The lowest BCUT2D eigenvalue weighted by Crippen LogP contribution is -2.26. The number of hydrogen-bond donors (Lipinski definition) is 0. The molecule has 0 amide bonds. The molecule has 0 unspecified atom stereocenters. The maximum absolute atomic E-state index is 12.3. The fraction of sp³-hybridized carbons (Fsp3) is 0.273. The largest absolute Gasteiger partial charge is 0.465 e. The Bertz CT molecular complexity index is 691. The van der Waals surface area contributed by atoms with Gasteiger partial charge in [0, 0.05) is 7.05 Å². The van der Waals surface area contributed by atoms with Gasteiger partial charge in [0.05, 0.1) is 10.9 Å². The van der Waals surface area contributed by atoms with Crippen LogP contribution in [0.3, 0.4) is 0 Å². The van der Waals surface area contributed by atoms with Gasteiger partial charge in [-0.15, -0.1) is 11.3 Å². The highest BCUT2D eigenvalue weighted by Gasteiger charge is 2.26. The Hall–Kier alpha value is -0.530. The van der Waals surface area contributed by atoms with E-state index in [1.165, 1.54) is 17.4 Å². The molecule has 8 heteroatoms. The number of rotatable bonds is 4. The molecule has 2 heterocycles. The maximum atomic E-state index is 12.3. The van der Waals surface area contributed by atoms with E-state index < -0.39 is 10.0 Å². The molecule has 0 aliphatic rings. The minimum atomic E-state index is -3.67. The van der Waals surface area contributed by atoms with Crippen molar-refractivity contribution in [1.29, 1.82) is 0 Å². The third-order valence-corrected chi connectivity index (χ3v) is 6.04. The molecule has 0 bridgehead atoms. The minimum absolute atomic E-state index is 0.0231. The predicted octanol–water partition coefficient (Wildman–Crippen LogP) is 3.78. The van der Waals surface area contributed by atoms with E-state index in [0.29, 0.717) is 10.1 Å². The third kappa shape index (κ3) is 3.14. The first-order valence-electron chi connectivity index (χ1n) is 5.27. The Morgan fingerprint density at radius 1 is 1.37 bits per heavy atom. The van der Waals surface area contributed by atoms with E-state index in [0.717, 1.165) is 17.1 Å². The van der Waals surface area contributed by atoms with Crippen molar-refractivity contribution >= 4 is 44.6 Å². The fourth-order valence-corrected chi connectivity index (χ4v) is 4.79. The summed E-state index contributed by atoms with van der Waals surface area (Å²) in [6.07, 6.45) is 0. The zero-order valence-corrected chi connectivity index (χ0v) is 13.3. The van der Waals surface area contributed by atoms with Crippen molar-refractivity contribution < 1.29 is 12.8 Å². The van der Waals surface area contributed by atoms with Crippen molar-refractivity contribution in [1.82, 2.24) is 4.31 Å². The van der Waals surface area contributed by atoms with Crippen molar-refractivity contribution in [2.45, 2.75) is 18.4 Å². The van der Waals surface area contributed by atoms with Crippen LogP contribution in [0, 0.1) is 6.92 Å². The number of sulfonamides is 1. The molecule has 0 saturated carbocycles. The summed E-state index contributed by atoms with van der Waals surface area (Å²) in [5.74, 6) is 1.30. The van der Waals surface area contributed by atoms with E-state index in [2.05, 4.69) is 0 Å². The molecule has 19 heavy (non-hydrogen) atoms. The van der Waals surface area contributed by atoms with Crippen LogP contribution < -0.4 is 0 Å². The zero-order valence-electron chi connectivity index (χ0n) is 10.2. The highest BCUT2D eigenvalue weighted by molar-refractivity contribution is 7.89. The van der Waals surface area contributed by atoms with Crippen molar-refractivity contribution in [3.8, 4) is 0 Å². The van der Waals surface area contributed by atoms with Gasteiger partial charge in [-0.05, 0) is 25.1 Å². The lowest BCUT2D eigenvalue weighted by molar-refractivity contribution is 0.397. The standard InChI is InChI=1S/C11H11Cl2NO3S2/c1-7-3-4-8(17-7)6-14(2)19(15,16)9-5-10(12)18-11(9)13/h3-5H,6H2,1-2H3. The molecule has 0 radical (unpaired) electrons. The highest BCUT2D eigenvalue weighted by atomic mass is 35.5. The summed E-state index contributed by atoms with van der Waals surface area (Å²) >= 11 is 12.7. The first-order chi connectivity index (χ1) is 8.80. The van der Waals surface area contributed by atoms with E-state index in [-0.39, 0.29) is 15.8 Å². The van der Waals surface area contributed by atoms with E-state index in [9.17, 15) is 8.42 Å². The van der Waals surface area contributed by atoms with Crippen LogP contribution in [-0.4, -0.2) is 19.8 Å². The molecule has 0 N–H and O–H groups in total.